The molecule has 0 radical (unpaired) electrons. The molecule has 1 aliphatic rings. The average Bonchev–Trinajstić information content (AvgIpc) is 2.94. The summed E-state index contributed by atoms with van der Waals surface area (Å²) in [5.74, 6) is -0.329. The maximum atomic E-state index is 12.7. The van der Waals surface area contributed by atoms with Gasteiger partial charge in [-0.15, -0.1) is 0 Å². The molecule has 0 saturated carbocycles. The van der Waals surface area contributed by atoms with Crippen LogP contribution in [0.4, 0.5) is 0 Å². The van der Waals surface area contributed by atoms with Gasteiger partial charge in [0.2, 0.25) is 0 Å². The van der Waals surface area contributed by atoms with Crippen molar-refractivity contribution in [3.05, 3.63) is 17.0 Å². The molecule has 1 unspecified atom stereocenters. The van der Waals surface area contributed by atoms with Crippen LogP contribution in [-0.2, 0) is 27.1 Å². The van der Waals surface area contributed by atoms with Gasteiger partial charge >= 0.3 is 5.97 Å². The monoisotopic (exact) mass is 351 g/mol. The van der Waals surface area contributed by atoms with E-state index in [0.717, 1.165) is 24.2 Å². The van der Waals surface area contributed by atoms with Crippen molar-refractivity contribution in [1.29, 1.82) is 0 Å². The zero-order chi connectivity index (χ0) is 18.2. The Labute approximate surface area is 149 Å². The summed E-state index contributed by atoms with van der Waals surface area (Å²) in [4.78, 5) is 24.5. The Balaban J connectivity index is 2.33. The van der Waals surface area contributed by atoms with Crippen molar-refractivity contribution in [2.75, 3.05) is 26.4 Å². The van der Waals surface area contributed by atoms with E-state index in [1.54, 1.807) is 6.92 Å². The Hall–Kier alpha value is -1.89. The van der Waals surface area contributed by atoms with Gasteiger partial charge in [0.05, 0.1) is 36.0 Å². The number of nitrogens with zero attached hydrogens (tertiary/aromatic N) is 2. The molecule has 0 aromatic carbocycles. The van der Waals surface area contributed by atoms with Gasteiger partial charge in [0.15, 0.2) is 0 Å². The molecule has 1 aromatic rings. The van der Waals surface area contributed by atoms with Crippen molar-refractivity contribution in [1.82, 2.24) is 15.1 Å². The van der Waals surface area contributed by atoms with Crippen LogP contribution in [-0.4, -0.2) is 48.0 Å². The molecular formula is C18H29N3O4. The van der Waals surface area contributed by atoms with Crippen LogP contribution < -0.4 is 5.32 Å². The van der Waals surface area contributed by atoms with Crippen LogP contribution in [0, 0.1) is 0 Å². The number of hydrogen-bond donors (Lipinski definition) is 1. The summed E-state index contributed by atoms with van der Waals surface area (Å²) in [6.45, 7) is 7.98. The quantitative estimate of drug-likeness (QED) is 0.821. The normalized spacial score (nSPS) is 17.2. The maximum absolute atomic E-state index is 12.7. The third-order valence-electron chi connectivity index (χ3n) is 4.28. The van der Waals surface area contributed by atoms with E-state index in [-0.39, 0.29) is 24.3 Å². The molecule has 2 rings (SSSR count). The zero-order valence-electron chi connectivity index (χ0n) is 15.5. The third kappa shape index (κ3) is 5.04. The SMILES string of the molecule is CCOC(=O)CC(C)n1nc(CC)c2c1CCCOCCCNC2=O. The van der Waals surface area contributed by atoms with Crippen molar-refractivity contribution in [3.63, 3.8) is 0 Å². The number of aryl methyl sites for hydroxylation is 1. The van der Waals surface area contributed by atoms with Crippen LogP contribution >= 0.6 is 0 Å². The van der Waals surface area contributed by atoms with Gasteiger partial charge in [-0.25, -0.2) is 0 Å². The molecule has 0 aliphatic carbocycles. The number of esters is 1. The second-order valence-electron chi connectivity index (χ2n) is 6.25. The Morgan fingerprint density at radius 1 is 1.36 bits per heavy atom. The standard InChI is InChI=1S/C18H29N3O4/c1-4-14-17-15(8-6-10-24-11-7-9-19-18(17)23)21(20-14)13(3)12-16(22)25-5-2/h13H,4-12H2,1-3H3,(H,19,23). The first kappa shape index (κ1) is 19.4. The van der Waals surface area contributed by atoms with Crippen LogP contribution in [0.5, 0.6) is 0 Å². The summed E-state index contributed by atoms with van der Waals surface area (Å²) in [6, 6.07) is -0.160. The summed E-state index contributed by atoms with van der Waals surface area (Å²) < 4.78 is 12.5. The molecule has 2 heterocycles. The second-order valence-corrected chi connectivity index (χ2v) is 6.25. The van der Waals surface area contributed by atoms with E-state index < -0.39 is 0 Å². The summed E-state index contributed by atoms with van der Waals surface area (Å²) in [6.07, 6.45) is 3.23. The van der Waals surface area contributed by atoms with Crippen molar-refractivity contribution >= 4 is 11.9 Å². The lowest BCUT2D eigenvalue weighted by Crippen LogP contribution is -2.27. The van der Waals surface area contributed by atoms with E-state index in [2.05, 4.69) is 10.4 Å². The minimum absolute atomic E-state index is 0.0802. The summed E-state index contributed by atoms with van der Waals surface area (Å²) >= 11 is 0. The highest BCUT2D eigenvalue weighted by atomic mass is 16.5. The largest absolute Gasteiger partial charge is 0.466 e. The Morgan fingerprint density at radius 3 is 2.84 bits per heavy atom. The van der Waals surface area contributed by atoms with Gasteiger partial charge in [-0.2, -0.15) is 5.10 Å². The molecule has 0 spiro atoms. The number of carbonyl (C=O) groups is 2. The van der Waals surface area contributed by atoms with E-state index >= 15 is 0 Å². The first-order valence-electron chi connectivity index (χ1n) is 9.20. The highest BCUT2D eigenvalue weighted by Gasteiger charge is 2.26. The predicted octanol–water partition coefficient (Wildman–Crippen LogP) is 2.04. The lowest BCUT2D eigenvalue weighted by atomic mass is 10.1. The van der Waals surface area contributed by atoms with Crippen LogP contribution in [0.25, 0.3) is 0 Å². The fourth-order valence-corrected chi connectivity index (χ4v) is 3.09. The number of hydrogen-bond acceptors (Lipinski definition) is 5. The van der Waals surface area contributed by atoms with Gasteiger partial charge in [0, 0.05) is 19.8 Å². The number of carbonyl (C=O) groups excluding carboxylic acids is 2. The number of amides is 1. The molecule has 1 aliphatic heterocycles. The molecule has 1 atom stereocenters. The number of fused-ring (bicyclic) bond motifs is 1. The second kappa shape index (κ2) is 9.56. The first-order chi connectivity index (χ1) is 12.1. The van der Waals surface area contributed by atoms with Crippen LogP contribution in [0.3, 0.4) is 0 Å². The first-order valence-corrected chi connectivity index (χ1v) is 9.20. The van der Waals surface area contributed by atoms with Crippen molar-refractivity contribution in [2.24, 2.45) is 0 Å². The highest BCUT2D eigenvalue weighted by molar-refractivity contribution is 5.96. The molecule has 0 bridgehead atoms. The number of aromatic nitrogens is 2. The van der Waals surface area contributed by atoms with Gasteiger partial charge in [-0.05, 0) is 39.5 Å². The minimum atomic E-state index is -0.248. The smallest absolute Gasteiger partial charge is 0.307 e. The highest BCUT2D eigenvalue weighted by Crippen LogP contribution is 2.23. The maximum Gasteiger partial charge on any atom is 0.307 e. The minimum Gasteiger partial charge on any atom is -0.466 e. The van der Waals surface area contributed by atoms with Gasteiger partial charge in [-0.3, -0.25) is 14.3 Å². The molecular weight excluding hydrogens is 322 g/mol. The average molecular weight is 351 g/mol. The summed E-state index contributed by atoms with van der Waals surface area (Å²) in [5, 5.41) is 7.61. The Morgan fingerprint density at radius 2 is 2.12 bits per heavy atom. The summed E-state index contributed by atoms with van der Waals surface area (Å²) in [5.41, 5.74) is 2.33. The molecule has 7 heteroatoms. The molecule has 0 saturated heterocycles. The molecule has 1 aromatic heterocycles. The Bertz CT molecular complexity index is 597. The van der Waals surface area contributed by atoms with Crippen LogP contribution in [0.2, 0.25) is 0 Å². The molecule has 25 heavy (non-hydrogen) atoms. The van der Waals surface area contributed by atoms with Crippen molar-refractivity contribution in [3.8, 4) is 0 Å². The molecule has 7 nitrogen and oxygen atoms in total. The van der Waals surface area contributed by atoms with Gasteiger partial charge < -0.3 is 14.8 Å². The van der Waals surface area contributed by atoms with Gasteiger partial charge in [-0.1, -0.05) is 6.92 Å². The summed E-state index contributed by atoms with van der Waals surface area (Å²) in [7, 11) is 0. The molecule has 1 N–H and O–H groups in total. The van der Waals surface area contributed by atoms with E-state index in [9.17, 15) is 9.59 Å². The predicted molar refractivity (Wildman–Crippen MR) is 93.7 cm³/mol. The van der Waals surface area contributed by atoms with E-state index in [0.29, 0.717) is 44.8 Å². The molecule has 140 valence electrons. The van der Waals surface area contributed by atoms with Crippen molar-refractivity contribution < 1.29 is 19.1 Å². The lowest BCUT2D eigenvalue weighted by Gasteiger charge is -2.16. The number of rotatable bonds is 5. The fraction of sp³-hybridized carbons (Fsp3) is 0.722. The fourth-order valence-electron chi connectivity index (χ4n) is 3.09. The lowest BCUT2D eigenvalue weighted by molar-refractivity contribution is -0.144. The van der Waals surface area contributed by atoms with Crippen molar-refractivity contribution in [2.45, 2.75) is 58.9 Å². The van der Waals surface area contributed by atoms with E-state index in [1.807, 2.05) is 18.5 Å². The van der Waals surface area contributed by atoms with Crippen LogP contribution in [0.1, 0.15) is 67.8 Å². The topological polar surface area (TPSA) is 82.5 Å². The van der Waals surface area contributed by atoms with Gasteiger partial charge in [0.25, 0.3) is 5.91 Å². The zero-order valence-corrected chi connectivity index (χ0v) is 15.5. The number of nitrogens with one attached hydrogen (secondary N) is 1. The third-order valence-corrected chi connectivity index (χ3v) is 4.28. The molecule has 0 fully saturated rings. The van der Waals surface area contributed by atoms with E-state index in [4.69, 9.17) is 9.47 Å². The van der Waals surface area contributed by atoms with E-state index in [1.165, 1.54) is 0 Å². The van der Waals surface area contributed by atoms with Gasteiger partial charge in [0.1, 0.15) is 0 Å². The Kier molecular flexibility index (Phi) is 7.43. The molecule has 1 amide bonds. The van der Waals surface area contributed by atoms with Crippen LogP contribution in [0.15, 0.2) is 0 Å². The number of ether oxygens (including phenoxy) is 2.